The summed E-state index contributed by atoms with van der Waals surface area (Å²) in [5.41, 5.74) is 14.2. The molecule has 0 unspecified atom stereocenters. The van der Waals surface area contributed by atoms with Crippen molar-refractivity contribution < 1.29 is 0 Å². The van der Waals surface area contributed by atoms with E-state index in [1.54, 1.807) is 0 Å². The van der Waals surface area contributed by atoms with Gasteiger partial charge in [0.05, 0.1) is 27.6 Å². The van der Waals surface area contributed by atoms with Crippen LogP contribution in [0.2, 0.25) is 0 Å². The van der Waals surface area contributed by atoms with E-state index in [1.165, 1.54) is 49.0 Å². The topological polar surface area (TPSA) is 53.5 Å². The van der Waals surface area contributed by atoms with Crippen LogP contribution in [0.1, 0.15) is 0 Å². The number of nitrogens with zero attached hydrogens (tertiary/aromatic N) is 6. The number of rotatable bonds is 7. The Hall–Kier alpha value is -8.87. The van der Waals surface area contributed by atoms with E-state index in [0.29, 0.717) is 17.5 Å². The van der Waals surface area contributed by atoms with Crippen molar-refractivity contribution in [3.63, 3.8) is 0 Å². The second-order valence-electron chi connectivity index (χ2n) is 16.5. The van der Waals surface area contributed by atoms with Crippen LogP contribution in [-0.4, -0.2) is 28.7 Å². The van der Waals surface area contributed by atoms with Crippen molar-refractivity contribution in [3.05, 3.63) is 231 Å². The van der Waals surface area contributed by atoms with Gasteiger partial charge in [-0.3, -0.25) is 0 Å². The van der Waals surface area contributed by atoms with Gasteiger partial charge in [-0.2, -0.15) is 0 Å². The lowest BCUT2D eigenvalue weighted by Gasteiger charge is -2.14. The van der Waals surface area contributed by atoms with E-state index in [-0.39, 0.29) is 0 Å². The summed E-state index contributed by atoms with van der Waals surface area (Å²) >= 11 is 0. The lowest BCUT2D eigenvalue weighted by molar-refractivity contribution is 1.07. The Bertz CT molecular complexity index is 3850. The van der Waals surface area contributed by atoms with Crippen molar-refractivity contribution in [2.24, 2.45) is 0 Å². The van der Waals surface area contributed by atoms with Crippen LogP contribution in [0.15, 0.2) is 231 Å². The van der Waals surface area contributed by atoms with Gasteiger partial charge >= 0.3 is 0 Å². The van der Waals surface area contributed by atoms with Gasteiger partial charge in [0.15, 0.2) is 17.5 Å². The minimum atomic E-state index is 0.630. The van der Waals surface area contributed by atoms with Crippen molar-refractivity contribution in [1.29, 1.82) is 0 Å². The van der Waals surface area contributed by atoms with Crippen molar-refractivity contribution in [3.8, 4) is 62.4 Å². The number of hydrogen-bond donors (Lipinski definition) is 0. The second kappa shape index (κ2) is 14.9. The first-order chi connectivity index (χ1) is 32.2. The summed E-state index contributed by atoms with van der Waals surface area (Å²) in [5, 5.41) is 6.06. The zero-order valence-corrected chi connectivity index (χ0v) is 35.1. The van der Waals surface area contributed by atoms with Crippen LogP contribution in [0.5, 0.6) is 0 Å². The Morgan fingerprint density at radius 2 is 0.754 bits per heavy atom. The monoisotopic (exact) mass is 830 g/mol. The Morgan fingerprint density at radius 3 is 1.43 bits per heavy atom. The van der Waals surface area contributed by atoms with E-state index in [2.05, 4.69) is 184 Å². The van der Waals surface area contributed by atoms with E-state index < -0.39 is 0 Å². The van der Waals surface area contributed by atoms with Crippen LogP contribution in [-0.2, 0) is 0 Å². The molecule has 6 nitrogen and oxygen atoms in total. The summed E-state index contributed by atoms with van der Waals surface area (Å²) < 4.78 is 7.24. The van der Waals surface area contributed by atoms with Crippen molar-refractivity contribution in [2.45, 2.75) is 0 Å². The second-order valence-corrected chi connectivity index (χ2v) is 16.5. The molecular formula is C59H38N6. The van der Waals surface area contributed by atoms with Crippen molar-refractivity contribution >= 4 is 54.5 Å². The normalized spacial score (nSPS) is 11.7. The van der Waals surface area contributed by atoms with Gasteiger partial charge in [0, 0.05) is 66.9 Å². The average Bonchev–Trinajstić information content (AvgIpc) is 4.08. The Morgan fingerprint density at radius 1 is 0.262 bits per heavy atom. The van der Waals surface area contributed by atoms with Gasteiger partial charge in [-0.1, -0.05) is 164 Å². The predicted molar refractivity (Wildman–Crippen MR) is 267 cm³/mol. The largest absolute Gasteiger partial charge is 0.316 e. The maximum Gasteiger partial charge on any atom is 0.164 e. The molecule has 0 aliphatic rings. The molecule has 0 radical (unpaired) electrons. The molecule has 0 N–H and O–H groups in total. The molecule has 0 atom stereocenters. The molecule has 0 fully saturated rings. The first kappa shape index (κ1) is 36.8. The number of fused-ring (bicyclic) bond motifs is 9. The fraction of sp³-hybridized carbons (Fsp3) is 0. The molecule has 0 bridgehead atoms. The van der Waals surface area contributed by atoms with Crippen LogP contribution in [0, 0.1) is 0 Å². The summed E-state index contributed by atoms with van der Waals surface area (Å²) in [6.07, 6.45) is 2.20. The summed E-state index contributed by atoms with van der Waals surface area (Å²) in [6.45, 7) is 0. The molecule has 304 valence electrons. The van der Waals surface area contributed by atoms with Gasteiger partial charge in [0.2, 0.25) is 0 Å². The summed E-state index contributed by atoms with van der Waals surface area (Å²) in [7, 11) is 0. The van der Waals surface area contributed by atoms with Gasteiger partial charge in [0.1, 0.15) is 0 Å². The molecular weight excluding hydrogens is 793 g/mol. The summed E-state index contributed by atoms with van der Waals surface area (Å²) in [5.74, 6) is 1.92. The van der Waals surface area contributed by atoms with Gasteiger partial charge in [-0.05, 0) is 71.8 Å². The summed E-state index contributed by atoms with van der Waals surface area (Å²) in [4.78, 5) is 15.0. The first-order valence-electron chi connectivity index (χ1n) is 21.9. The van der Waals surface area contributed by atoms with Crippen LogP contribution in [0.4, 0.5) is 0 Å². The molecule has 0 aliphatic heterocycles. The zero-order chi connectivity index (χ0) is 42.8. The van der Waals surface area contributed by atoms with Crippen LogP contribution < -0.4 is 0 Å². The lowest BCUT2D eigenvalue weighted by Crippen LogP contribution is -2.00. The Balaban J connectivity index is 1.02. The van der Waals surface area contributed by atoms with Gasteiger partial charge < -0.3 is 13.7 Å². The highest BCUT2D eigenvalue weighted by molar-refractivity contribution is 6.26. The average molecular weight is 831 g/mol. The zero-order valence-electron chi connectivity index (χ0n) is 35.1. The third-order valence-corrected chi connectivity index (χ3v) is 12.7. The van der Waals surface area contributed by atoms with Crippen LogP contribution in [0.25, 0.3) is 117 Å². The highest BCUT2D eigenvalue weighted by Crippen LogP contribution is 2.44. The number of aromatic nitrogens is 6. The van der Waals surface area contributed by atoms with Crippen molar-refractivity contribution in [2.75, 3.05) is 0 Å². The van der Waals surface area contributed by atoms with E-state index in [1.807, 2.05) is 60.7 Å². The first-order valence-corrected chi connectivity index (χ1v) is 21.9. The molecule has 9 aromatic carbocycles. The SMILES string of the molecule is c1ccc(-c2nc(-c3ccccc3)nc(-c3cccc(-c4ccc(-n5c6c(ccc7c6ccn7-c6ccccc6)c6ccc7c8ccccc8n(-c8ccccc8)c7c65)cc4)c3)n2)cc1. The molecule has 4 aromatic heterocycles. The highest BCUT2D eigenvalue weighted by Gasteiger charge is 2.23. The van der Waals surface area contributed by atoms with E-state index in [4.69, 9.17) is 15.0 Å². The smallest absolute Gasteiger partial charge is 0.164 e. The van der Waals surface area contributed by atoms with E-state index in [0.717, 1.165) is 50.4 Å². The molecule has 13 aromatic rings. The molecule has 0 aliphatic carbocycles. The van der Waals surface area contributed by atoms with E-state index >= 15 is 0 Å². The maximum atomic E-state index is 5.03. The van der Waals surface area contributed by atoms with Gasteiger partial charge in [-0.15, -0.1) is 0 Å². The van der Waals surface area contributed by atoms with E-state index in [9.17, 15) is 0 Å². The lowest BCUT2D eigenvalue weighted by atomic mass is 10.0. The third-order valence-electron chi connectivity index (χ3n) is 12.7. The molecule has 65 heavy (non-hydrogen) atoms. The Kier molecular flexibility index (Phi) is 8.42. The molecule has 13 rings (SSSR count). The van der Waals surface area contributed by atoms with Crippen LogP contribution in [0.3, 0.4) is 0 Å². The van der Waals surface area contributed by atoms with Crippen LogP contribution >= 0.6 is 0 Å². The Labute approximate surface area is 374 Å². The highest BCUT2D eigenvalue weighted by atomic mass is 15.1. The summed E-state index contributed by atoms with van der Waals surface area (Å²) in [6, 6.07) is 79.4. The molecule has 0 saturated heterocycles. The fourth-order valence-electron chi connectivity index (χ4n) is 9.75. The maximum absolute atomic E-state index is 5.03. The van der Waals surface area contributed by atoms with Gasteiger partial charge in [0.25, 0.3) is 0 Å². The molecule has 0 saturated carbocycles. The van der Waals surface area contributed by atoms with Gasteiger partial charge in [-0.25, -0.2) is 15.0 Å². The third kappa shape index (κ3) is 5.99. The standard InChI is InChI=1S/C59H38N6/c1-5-16-40(17-6-1)57-60-58(41-18-7-2-8-19-41)62-59(61-57)43-21-15-20-42(38-43)39-28-30-46(31-29-39)65-54-49(34-35-52-51(54)36-37-63(52)44-22-9-3-10-23-44)50-33-32-48-47-26-13-14-27-53(47)64(55(48)56(50)65)45-24-11-4-12-25-45/h1-38H. The number of benzene rings is 9. The van der Waals surface area contributed by atoms with Crippen molar-refractivity contribution in [1.82, 2.24) is 28.7 Å². The minimum absolute atomic E-state index is 0.630. The predicted octanol–water partition coefficient (Wildman–Crippen LogP) is 14.7. The minimum Gasteiger partial charge on any atom is -0.316 e. The number of para-hydroxylation sites is 3. The fourth-order valence-corrected chi connectivity index (χ4v) is 9.75. The molecule has 6 heteroatoms. The quantitative estimate of drug-likeness (QED) is 0.161. The number of hydrogen-bond acceptors (Lipinski definition) is 3. The molecule has 0 amide bonds. The molecule has 4 heterocycles. The molecule has 0 spiro atoms.